The van der Waals surface area contributed by atoms with Crippen molar-refractivity contribution in [2.75, 3.05) is 26.4 Å². The summed E-state index contributed by atoms with van der Waals surface area (Å²) < 4.78 is 5.08. The lowest BCUT2D eigenvalue weighted by Crippen LogP contribution is -3.15. The molecule has 2 N–H and O–H groups in total. The van der Waals surface area contributed by atoms with Gasteiger partial charge in [0.1, 0.15) is 12.0 Å². The number of ether oxygens (including phenoxy) is 1. The van der Waals surface area contributed by atoms with Crippen molar-refractivity contribution in [1.82, 2.24) is 10.2 Å². The van der Waals surface area contributed by atoms with E-state index in [1.54, 1.807) is 6.92 Å². The number of amides is 3. The lowest BCUT2D eigenvalue weighted by molar-refractivity contribution is -0.914. The molecule has 2 aliphatic heterocycles. The fourth-order valence-electron chi connectivity index (χ4n) is 3.19. The fraction of sp³-hybridized carbons (Fsp3) is 0.800. The predicted octanol–water partition coefficient (Wildman–Crippen LogP) is -0.478. The lowest BCUT2D eigenvalue weighted by Gasteiger charge is -2.30. The standard InChI is InChI=1S/C15H25N3O4/c1-3-6-12-13(19)18(15(21)16-12)10-17-8-5-7-11(9-17)14(20)22-4-2/h11-12H,3-10H2,1-2H3,(H,16,21)/p+1/t11-,12+/m0/s1. The Bertz CT molecular complexity index is 441. The molecule has 7 nitrogen and oxygen atoms in total. The van der Waals surface area contributed by atoms with Crippen molar-refractivity contribution in [2.45, 2.75) is 45.6 Å². The maximum Gasteiger partial charge on any atom is 0.329 e. The van der Waals surface area contributed by atoms with Crippen LogP contribution in [0.15, 0.2) is 0 Å². The first-order chi connectivity index (χ1) is 10.6. The van der Waals surface area contributed by atoms with Crippen molar-refractivity contribution in [3.8, 4) is 0 Å². The van der Waals surface area contributed by atoms with Gasteiger partial charge in [0.05, 0.1) is 19.7 Å². The molecule has 0 aromatic heterocycles. The number of rotatable bonds is 6. The summed E-state index contributed by atoms with van der Waals surface area (Å²) in [4.78, 5) is 38.4. The zero-order valence-electron chi connectivity index (χ0n) is 13.4. The van der Waals surface area contributed by atoms with Gasteiger partial charge in [0, 0.05) is 0 Å². The van der Waals surface area contributed by atoms with Crippen LogP contribution in [-0.2, 0) is 14.3 Å². The van der Waals surface area contributed by atoms with Gasteiger partial charge in [0.25, 0.3) is 5.91 Å². The van der Waals surface area contributed by atoms with Crippen LogP contribution in [-0.4, -0.2) is 55.2 Å². The highest BCUT2D eigenvalue weighted by atomic mass is 16.5. The Kier molecular flexibility index (Phi) is 5.76. The number of nitrogens with zero attached hydrogens (tertiary/aromatic N) is 1. The van der Waals surface area contributed by atoms with E-state index in [4.69, 9.17) is 4.74 Å². The second kappa shape index (κ2) is 7.58. The summed E-state index contributed by atoms with van der Waals surface area (Å²) in [5, 5.41) is 2.73. The molecule has 0 saturated carbocycles. The molecular weight excluding hydrogens is 286 g/mol. The quantitative estimate of drug-likeness (QED) is 0.513. The molecule has 2 aliphatic rings. The van der Waals surface area contributed by atoms with Gasteiger partial charge in [-0.3, -0.25) is 9.59 Å². The third-order valence-corrected chi connectivity index (χ3v) is 4.30. The fourth-order valence-corrected chi connectivity index (χ4v) is 3.19. The number of hydrogen-bond acceptors (Lipinski definition) is 4. The number of urea groups is 1. The van der Waals surface area contributed by atoms with Gasteiger partial charge in [-0.05, 0) is 26.2 Å². The molecule has 0 bridgehead atoms. The smallest absolute Gasteiger partial charge is 0.329 e. The Labute approximate surface area is 131 Å². The van der Waals surface area contributed by atoms with E-state index in [0.29, 0.717) is 26.2 Å². The Morgan fingerprint density at radius 1 is 1.41 bits per heavy atom. The van der Waals surface area contributed by atoms with Crippen LogP contribution in [0, 0.1) is 5.92 Å². The van der Waals surface area contributed by atoms with E-state index >= 15 is 0 Å². The SMILES string of the molecule is CCC[C@H]1NC(=O)N(C[NH+]2CCC[C@H](C(=O)OCC)C2)C1=O. The van der Waals surface area contributed by atoms with Crippen LogP contribution >= 0.6 is 0 Å². The number of quaternary nitrogens is 1. The van der Waals surface area contributed by atoms with Gasteiger partial charge in [-0.2, -0.15) is 0 Å². The topological polar surface area (TPSA) is 80.2 Å². The first-order valence-corrected chi connectivity index (χ1v) is 8.18. The lowest BCUT2D eigenvalue weighted by atomic mass is 9.98. The summed E-state index contributed by atoms with van der Waals surface area (Å²) in [7, 11) is 0. The molecule has 7 heteroatoms. The van der Waals surface area contributed by atoms with Gasteiger partial charge in [-0.25, -0.2) is 9.69 Å². The molecule has 2 rings (SSSR count). The molecule has 124 valence electrons. The third kappa shape index (κ3) is 3.76. The van der Waals surface area contributed by atoms with E-state index in [0.717, 1.165) is 30.7 Å². The zero-order valence-corrected chi connectivity index (χ0v) is 13.4. The minimum Gasteiger partial charge on any atom is -0.466 e. The number of carbonyl (C=O) groups is 3. The predicted molar refractivity (Wildman–Crippen MR) is 79.0 cm³/mol. The highest BCUT2D eigenvalue weighted by molar-refractivity contribution is 6.03. The Morgan fingerprint density at radius 3 is 2.86 bits per heavy atom. The molecule has 22 heavy (non-hydrogen) atoms. The van der Waals surface area contributed by atoms with Crippen molar-refractivity contribution in [2.24, 2.45) is 5.92 Å². The Balaban J connectivity index is 1.91. The normalized spacial score (nSPS) is 28.6. The number of nitrogens with one attached hydrogen (secondary N) is 2. The summed E-state index contributed by atoms with van der Waals surface area (Å²) >= 11 is 0. The van der Waals surface area contributed by atoms with Gasteiger partial charge in [0.15, 0.2) is 6.67 Å². The van der Waals surface area contributed by atoms with E-state index in [1.165, 1.54) is 4.90 Å². The molecule has 0 aliphatic carbocycles. The van der Waals surface area contributed by atoms with Crippen LogP contribution in [0.3, 0.4) is 0 Å². The van der Waals surface area contributed by atoms with Crippen LogP contribution in [0.1, 0.15) is 39.5 Å². The van der Waals surface area contributed by atoms with E-state index in [1.807, 2.05) is 6.92 Å². The van der Waals surface area contributed by atoms with Gasteiger partial charge in [0.2, 0.25) is 0 Å². The monoisotopic (exact) mass is 312 g/mol. The molecule has 0 aromatic carbocycles. The van der Waals surface area contributed by atoms with E-state index in [9.17, 15) is 14.4 Å². The molecule has 0 radical (unpaired) electrons. The molecule has 3 atom stereocenters. The van der Waals surface area contributed by atoms with Crippen LogP contribution in [0.5, 0.6) is 0 Å². The second-order valence-electron chi connectivity index (χ2n) is 6.01. The molecule has 0 aromatic rings. The van der Waals surface area contributed by atoms with E-state index in [-0.39, 0.29) is 29.9 Å². The summed E-state index contributed by atoms with van der Waals surface area (Å²) in [6.45, 7) is 5.99. The maximum absolute atomic E-state index is 12.2. The summed E-state index contributed by atoms with van der Waals surface area (Å²) in [5.41, 5.74) is 0. The van der Waals surface area contributed by atoms with Gasteiger partial charge >= 0.3 is 12.0 Å². The number of carbonyl (C=O) groups excluding carboxylic acids is 3. The number of likely N-dealkylation sites (tertiary alicyclic amines) is 1. The van der Waals surface area contributed by atoms with E-state index in [2.05, 4.69) is 5.32 Å². The highest BCUT2D eigenvalue weighted by Gasteiger charge is 2.40. The molecular formula is C15H26N3O4+. The van der Waals surface area contributed by atoms with Crippen LogP contribution < -0.4 is 10.2 Å². The summed E-state index contributed by atoms with van der Waals surface area (Å²) in [6, 6.07) is -0.697. The van der Waals surface area contributed by atoms with Crippen LogP contribution in [0.4, 0.5) is 4.79 Å². The highest BCUT2D eigenvalue weighted by Crippen LogP contribution is 2.12. The summed E-state index contributed by atoms with van der Waals surface area (Å²) in [5.74, 6) is -0.436. The van der Waals surface area contributed by atoms with Crippen molar-refractivity contribution >= 4 is 17.9 Å². The summed E-state index contributed by atoms with van der Waals surface area (Å²) in [6.07, 6.45) is 3.25. The van der Waals surface area contributed by atoms with Gasteiger partial charge in [-0.1, -0.05) is 13.3 Å². The molecule has 2 fully saturated rings. The average Bonchev–Trinajstić information content (AvgIpc) is 2.76. The first-order valence-electron chi connectivity index (χ1n) is 8.18. The maximum atomic E-state index is 12.2. The van der Waals surface area contributed by atoms with Crippen molar-refractivity contribution < 1.29 is 24.0 Å². The first kappa shape index (κ1) is 16.7. The third-order valence-electron chi connectivity index (χ3n) is 4.30. The minimum absolute atomic E-state index is 0.129. The van der Waals surface area contributed by atoms with E-state index < -0.39 is 0 Å². The van der Waals surface area contributed by atoms with Crippen LogP contribution in [0.2, 0.25) is 0 Å². The number of piperidine rings is 1. The van der Waals surface area contributed by atoms with Gasteiger partial charge < -0.3 is 15.0 Å². The number of imide groups is 1. The Morgan fingerprint density at radius 2 is 2.18 bits per heavy atom. The van der Waals surface area contributed by atoms with Crippen LogP contribution in [0.25, 0.3) is 0 Å². The van der Waals surface area contributed by atoms with Crippen molar-refractivity contribution in [3.63, 3.8) is 0 Å². The van der Waals surface area contributed by atoms with Gasteiger partial charge in [-0.15, -0.1) is 0 Å². The number of hydrogen-bond donors (Lipinski definition) is 2. The molecule has 0 spiro atoms. The van der Waals surface area contributed by atoms with Crippen molar-refractivity contribution in [1.29, 1.82) is 0 Å². The molecule has 3 amide bonds. The minimum atomic E-state index is -0.387. The zero-order chi connectivity index (χ0) is 16.1. The van der Waals surface area contributed by atoms with Crippen molar-refractivity contribution in [3.05, 3.63) is 0 Å². The number of esters is 1. The molecule has 2 heterocycles. The molecule has 1 unspecified atom stereocenters. The Hall–Kier alpha value is -1.63. The average molecular weight is 312 g/mol. The molecule has 2 saturated heterocycles. The largest absolute Gasteiger partial charge is 0.466 e. The second-order valence-corrected chi connectivity index (χ2v) is 6.01.